The molecule has 3 heteroatoms. The number of thioether (sulfide) groups is 1. The monoisotopic (exact) mass is 311 g/mol. The first-order chi connectivity index (χ1) is 9.90. The molecule has 21 heavy (non-hydrogen) atoms. The van der Waals surface area contributed by atoms with E-state index in [0.29, 0.717) is 0 Å². The summed E-state index contributed by atoms with van der Waals surface area (Å²) in [5, 5.41) is 3.56. The Hall–Kier alpha value is 0.0100. The fraction of sp³-hybridized carbons (Fsp3) is 0.889. The van der Waals surface area contributed by atoms with Crippen molar-refractivity contribution < 1.29 is 4.74 Å². The number of hydrogen-bond acceptors (Lipinski definition) is 3. The van der Waals surface area contributed by atoms with Crippen LogP contribution >= 0.6 is 11.8 Å². The molecule has 0 bridgehead atoms. The van der Waals surface area contributed by atoms with E-state index in [2.05, 4.69) is 50.8 Å². The molecule has 1 spiro atoms. The Bertz CT molecular complexity index is 347. The summed E-state index contributed by atoms with van der Waals surface area (Å²) in [5.41, 5.74) is 2.03. The number of nitrogens with one attached hydrogen (secondary N) is 1. The van der Waals surface area contributed by atoms with Gasteiger partial charge in [0.2, 0.25) is 0 Å². The van der Waals surface area contributed by atoms with Crippen LogP contribution in [-0.4, -0.2) is 35.8 Å². The molecule has 2 fully saturated rings. The van der Waals surface area contributed by atoms with Gasteiger partial charge in [-0.25, -0.2) is 0 Å². The summed E-state index contributed by atoms with van der Waals surface area (Å²) >= 11 is 2.09. The van der Waals surface area contributed by atoms with Crippen molar-refractivity contribution in [1.29, 1.82) is 0 Å². The number of hydrogen-bond donors (Lipinski definition) is 1. The Balaban J connectivity index is 1.82. The van der Waals surface area contributed by atoms with E-state index in [1.54, 1.807) is 5.57 Å². The number of ether oxygens (including phenoxy) is 1. The van der Waals surface area contributed by atoms with Crippen molar-refractivity contribution in [3.05, 3.63) is 11.6 Å². The molecular formula is C18H33NOS. The zero-order chi connectivity index (χ0) is 15.3. The van der Waals surface area contributed by atoms with E-state index in [0.717, 1.165) is 25.5 Å². The Morgan fingerprint density at radius 2 is 2.05 bits per heavy atom. The highest BCUT2D eigenvalue weighted by atomic mass is 32.2. The molecule has 0 aromatic heterocycles. The van der Waals surface area contributed by atoms with Crippen molar-refractivity contribution in [2.75, 3.05) is 24.7 Å². The fourth-order valence-electron chi connectivity index (χ4n) is 3.42. The molecule has 2 heterocycles. The molecule has 1 unspecified atom stereocenters. The maximum atomic E-state index is 6.20. The van der Waals surface area contributed by atoms with E-state index in [1.807, 2.05) is 0 Å². The SMILES string of the molecule is CC(=CCCNC(C)(C)C)C1CCOC2(CCSCC2)C1. The number of rotatable bonds is 4. The summed E-state index contributed by atoms with van der Waals surface area (Å²) < 4.78 is 6.20. The van der Waals surface area contributed by atoms with Crippen LogP contribution in [0.1, 0.15) is 59.8 Å². The lowest BCUT2D eigenvalue weighted by Crippen LogP contribution is -2.43. The second-order valence-electron chi connectivity index (χ2n) is 7.75. The van der Waals surface area contributed by atoms with Gasteiger partial charge in [-0.05, 0) is 83.8 Å². The molecule has 0 amide bonds. The van der Waals surface area contributed by atoms with Gasteiger partial charge in [0, 0.05) is 12.1 Å². The Kier molecular flexibility index (Phi) is 6.22. The number of allylic oxidation sites excluding steroid dienone is 1. The highest BCUT2D eigenvalue weighted by Crippen LogP contribution is 2.41. The van der Waals surface area contributed by atoms with Gasteiger partial charge in [0.25, 0.3) is 0 Å². The predicted octanol–water partition coefficient (Wildman–Crippen LogP) is 4.40. The van der Waals surface area contributed by atoms with E-state index in [9.17, 15) is 0 Å². The van der Waals surface area contributed by atoms with E-state index >= 15 is 0 Å². The Morgan fingerprint density at radius 3 is 2.71 bits per heavy atom. The minimum absolute atomic E-state index is 0.215. The average Bonchev–Trinajstić information content (AvgIpc) is 2.43. The van der Waals surface area contributed by atoms with Gasteiger partial charge in [-0.15, -0.1) is 0 Å². The first-order valence-corrected chi connectivity index (χ1v) is 9.69. The van der Waals surface area contributed by atoms with Crippen LogP contribution in [0.2, 0.25) is 0 Å². The largest absolute Gasteiger partial charge is 0.375 e. The van der Waals surface area contributed by atoms with Crippen molar-refractivity contribution in [3.8, 4) is 0 Å². The maximum absolute atomic E-state index is 6.20. The van der Waals surface area contributed by atoms with Crippen molar-refractivity contribution in [2.45, 2.75) is 70.9 Å². The topological polar surface area (TPSA) is 21.3 Å². The lowest BCUT2D eigenvalue weighted by atomic mass is 9.79. The van der Waals surface area contributed by atoms with Crippen LogP contribution in [0.3, 0.4) is 0 Å². The highest BCUT2D eigenvalue weighted by molar-refractivity contribution is 7.99. The molecule has 1 N–H and O–H groups in total. The molecule has 2 aliphatic rings. The van der Waals surface area contributed by atoms with Crippen LogP contribution in [0.5, 0.6) is 0 Å². The van der Waals surface area contributed by atoms with E-state index in [-0.39, 0.29) is 11.1 Å². The van der Waals surface area contributed by atoms with E-state index < -0.39 is 0 Å². The second kappa shape index (κ2) is 7.52. The van der Waals surface area contributed by atoms with Gasteiger partial charge < -0.3 is 10.1 Å². The molecule has 0 radical (unpaired) electrons. The molecule has 2 rings (SSSR count). The molecule has 2 saturated heterocycles. The standard InChI is InChI=1S/C18H33NOS/c1-15(6-5-10-19-17(2,3)4)16-7-11-20-18(14-16)8-12-21-13-9-18/h6,16,19H,5,7-14H2,1-4H3. The molecular weight excluding hydrogens is 278 g/mol. The average molecular weight is 312 g/mol. The molecule has 2 aliphatic heterocycles. The predicted molar refractivity (Wildman–Crippen MR) is 94.1 cm³/mol. The minimum atomic E-state index is 0.215. The summed E-state index contributed by atoms with van der Waals surface area (Å²) in [5.74, 6) is 3.31. The van der Waals surface area contributed by atoms with Crippen molar-refractivity contribution in [3.63, 3.8) is 0 Å². The molecule has 0 aromatic rings. The first-order valence-electron chi connectivity index (χ1n) is 8.54. The molecule has 0 aromatic carbocycles. The maximum Gasteiger partial charge on any atom is 0.0704 e. The summed E-state index contributed by atoms with van der Waals surface area (Å²) in [6.07, 6.45) is 8.58. The second-order valence-corrected chi connectivity index (χ2v) is 8.97. The first kappa shape index (κ1) is 17.4. The summed E-state index contributed by atoms with van der Waals surface area (Å²) in [7, 11) is 0. The van der Waals surface area contributed by atoms with E-state index in [1.165, 1.54) is 37.2 Å². The Morgan fingerprint density at radius 1 is 1.33 bits per heavy atom. The zero-order valence-corrected chi connectivity index (χ0v) is 15.2. The van der Waals surface area contributed by atoms with Crippen LogP contribution < -0.4 is 5.32 Å². The van der Waals surface area contributed by atoms with Crippen LogP contribution in [0, 0.1) is 5.92 Å². The fourth-order valence-corrected chi connectivity index (χ4v) is 4.66. The van der Waals surface area contributed by atoms with Crippen LogP contribution in [-0.2, 0) is 4.74 Å². The normalized spacial score (nSPS) is 27.0. The van der Waals surface area contributed by atoms with Crippen LogP contribution in [0.15, 0.2) is 11.6 Å². The molecule has 0 saturated carbocycles. The van der Waals surface area contributed by atoms with Crippen LogP contribution in [0.25, 0.3) is 0 Å². The third-order valence-corrected chi connectivity index (χ3v) is 5.79. The van der Waals surface area contributed by atoms with Gasteiger partial charge in [0.1, 0.15) is 0 Å². The van der Waals surface area contributed by atoms with Crippen molar-refractivity contribution in [1.82, 2.24) is 5.32 Å². The van der Waals surface area contributed by atoms with Gasteiger partial charge in [0.05, 0.1) is 5.60 Å². The molecule has 2 nitrogen and oxygen atoms in total. The molecule has 122 valence electrons. The third kappa shape index (κ3) is 5.61. The van der Waals surface area contributed by atoms with Gasteiger partial charge in [-0.2, -0.15) is 11.8 Å². The van der Waals surface area contributed by atoms with Gasteiger partial charge in [-0.1, -0.05) is 11.6 Å². The van der Waals surface area contributed by atoms with Crippen molar-refractivity contribution in [2.24, 2.45) is 5.92 Å². The van der Waals surface area contributed by atoms with Gasteiger partial charge >= 0.3 is 0 Å². The summed E-state index contributed by atoms with van der Waals surface area (Å²) in [4.78, 5) is 0. The minimum Gasteiger partial charge on any atom is -0.375 e. The van der Waals surface area contributed by atoms with E-state index in [4.69, 9.17) is 4.74 Å². The quantitative estimate of drug-likeness (QED) is 0.614. The summed E-state index contributed by atoms with van der Waals surface area (Å²) in [6.45, 7) is 11.1. The van der Waals surface area contributed by atoms with Gasteiger partial charge in [0.15, 0.2) is 0 Å². The lowest BCUT2D eigenvalue weighted by Gasteiger charge is -2.43. The van der Waals surface area contributed by atoms with Crippen molar-refractivity contribution >= 4 is 11.8 Å². The zero-order valence-electron chi connectivity index (χ0n) is 14.3. The molecule has 1 atom stereocenters. The molecule has 0 aliphatic carbocycles. The van der Waals surface area contributed by atoms with Gasteiger partial charge in [-0.3, -0.25) is 0 Å². The summed E-state index contributed by atoms with van der Waals surface area (Å²) in [6, 6.07) is 0. The lowest BCUT2D eigenvalue weighted by molar-refractivity contribution is -0.0965. The Labute approximate surface area is 135 Å². The van der Waals surface area contributed by atoms with Crippen LogP contribution in [0.4, 0.5) is 0 Å². The smallest absolute Gasteiger partial charge is 0.0704 e. The third-order valence-electron chi connectivity index (χ3n) is 4.81. The highest BCUT2D eigenvalue weighted by Gasteiger charge is 2.38.